The highest BCUT2D eigenvalue weighted by molar-refractivity contribution is 7.26. The summed E-state index contributed by atoms with van der Waals surface area (Å²) in [7, 11) is 0. The zero-order chi connectivity index (χ0) is 36.1. The van der Waals surface area contributed by atoms with Gasteiger partial charge in [-0.3, -0.25) is 4.98 Å². The Labute approximate surface area is 323 Å². The van der Waals surface area contributed by atoms with Gasteiger partial charge in [-0.2, -0.15) is 0 Å². The second kappa shape index (κ2) is 11.6. The smallest absolute Gasteiger partial charge is 0.0890 e. The Kier molecular flexibility index (Phi) is 6.46. The van der Waals surface area contributed by atoms with Gasteiger partial charge in [0.1, 0.15) is 0 Å². The summed E-state index contributed by atoms with van der Waals surface area (Å²) in [5, 5.41) is 3.74. The van der Waals surface area contributed by atoms with Gasteiger partial charge in [0.15, 0.2) is 0 Å². The third-order valence-electron chi connectivity index (χ3n) is 11.9. The zero-order valence-electron chi connectivity index (χ0n) is 29.8. The number of benzene rings is 8. The Morgan fingerprint density at radius 3 is 1.71 bits per heavy atom. The highest BCUT2D eigenvalue weighted by atomic mass is 32.1. The number of anilines is 3. The van der Waals surface area contributed by atoms with E-state index < -0.39 is 5.41 Å². The van der Waals surface area contributed by atoms with Crippen molar-refractivity contribution in [3.8, 4) is 33.4 Å². The minimum Gasteiger partial charge on any atom is -0.309 e. The molecule has 0 saturated heterocycles. The maximum absolute atomic E-state index is 5.22. The first-order valence-electron chi connectivity index (χ1n) is 18.9. The van der Waals surface area contributed by atoms with Crippen molar-refractivity contribution in [3.63, 3.8) is 0 Å². The van der Waals surface area contributed by atoms with Crippen LogP contribution < -0.4 is 4.90 Å². The van der Waals surface area contributed by atoms with Crippen LogP contribution in [-0.2, 0) is 5.41 Å². The lowest BCUT2D eigenvalue weighted by atomic mass is 9.70. The summed E-state index contributed by atoms with van der Waals surface area (Å²) in [5.74, 6) is 0. The third-order valence-corrected chi connectivity index (χ3v) is 13.1. The molecule has 0 bridgehead atoms. The molecule has 2 heterocycles. The van der Waals surface area contributed by atoms with Gasteiger partial charge in [-0.05, 0) is 96.7 Å². The summed E-state index contributed by atoms with van der Waals surface area (Å²) in [6.45, 7) is 0. The summed E-state index contributed by atoms with van der Waals surface area (Å²) in [6.07, 6.45) is 2.06. The van der Waals surface area contributed by atoms with Crippen LogP contribution in [0.4, 0.5) is 17.1 Å². The van der Waals surface area contributed by atoms with Crippen LogP contribution in [0.1, 0.15) is 22.3 Å². The molecule has 3 heteroatoms. The maximum atomic E-state index is 5.22. The molecule has 2 aliphatic carbocycles. The first-order chi connectivity index (χ1) is 27.3. The molecule has 0 unspecified atom stereocenters. The number of thiophene rings is 1. The molecule has 0 fully saturated rings. The average Bonchev–Trinajstić information content (AvgIpc) is 3.88. The SMILES string of the molecule is c1ccc(-c2ccc(N(c3ccc4c(c3)C3(c5ccccc5-c5ccccc53)c3ccccc3-4)c3cnc4c(c3)sc3c5ccccc5ccc43)cc2)cc1. The van der Waals surface area contributed by atoms with Gasteiger partial charge in [-0.25, -0.2) is 0 Å². The normalized spacial score (nSPS) is 13.2. The van der Waals surface area contributed by atoms with Crippen LogP contribution in [-0.4, -0.2) is 4.98 Å². The van der Waals surface area contributed by atoms with Gasteiger partial charge in [0, 0.05) is 21.5 Å². The molecule has 1 spiro atoms. The van der Waals surface area contributed by atoms with E-state index >= 15 is 0 Å². The number of hydrogen-bond donors (Lipinski definition) is 0. The van der Waals surface area contributed by atoms with Gasteiger partial charge in [-0.15, -0.1) is 11.3 Å². The Balaban J connectivity index is 1.10. The monoisotopic (exact) mass is 716 g/mol. The largest absolute Gasteiger partial charge is 0.309 e. The van der Waals surface area contributed by atoms with Gasteiger partial charge < -0.3 is 4.90 Å². The van der Waals surface area contributed by atoms with Crippen molar-refractivity contribution in [2.75, 3.05) is 4.90 Å². The number of fused-ring (bicyclic) bond motifs is 15. The predicted octanol–water partition coefficient (Wildman–Crippen LogP) is 14.1. The van der Waals surface area contributed by atoms with Crippen LogP contribution >= 0.6 is 11.3 Å². The Morgan fingerprint density at radius 2 is 1.00 bits per heavy atom. The standard InChI is InChI=1S/C52H32N2S/c1-2-12-33(13-3-1)34-22-25-36(26-23-34)54(38-31-49-50(53-32-38)44-28-24-35-14-4-5-15-39(35)51(44)55-49)37-27-29-43-42-18-8-11-21-47(42)52(48(43)30-37)45-19-9-6-16-40(45)41-17-7-10-20-46(41)52/h1-32H. The fraction of sp³-hybridized carbons (Fsp3) is 0.0192. The molecule has 2 nitrogen and oxygen atoms in total. The summed E-state index contributed by atoms with van der Waals surface area (Å²) in [6, 6.07) is 69.2. The molecule has 55 heavy (non-hydrogen) atoms. The van der Waals surface area contributed by atoms with E-state index in [-0.39, 0.29) is 0 Å². The van der Waals surface area contributed by atoms with Gasteiger partial charge >= 0.3 is 0 Å². The quantitative estimate of drug-likeness (QED) is 0.180. The maximum Gasteiger partial charge on any atom is 0.0890 e. The topological polar surface area (TPSA) is 16.1 Å². The highest BCUT2D eigenvalue weighted by Gasteiger charge is 2.51. The summed E-state index contributed by atoms with van der Waals surface area (Å²) in [5.41, 5.74) is 16.8. The lowest BCUT2D eigenvalue weighted by Crippen LogP contribution is -2.26. The zero-order valence-corrected chi connectivity index (χ0v) is 30.6. The summed E-state index contributed by atoms with van der Waals surface area (Å²) in [4.78, 5) is 7.61. The van der Waals surface area contributed by atoms with Crippen molar-refractivity contribution in [1.29, 1.82) is 0 Å². The first kappa shape index (κ1) is 30.6. The molecule has 10 aromatic rings. The van der Waals surface area contributed by atoms with Crippen LogP contribution in [0.3, 0.4) is 0 Å². The second-order valence-corrected chi connectivity index (χ2v) is 15.7. The molecule has 0 atom stereocenters. The molecule has 256 valence electrons. The number of rotatable bonds is 4. The molecule has 8 aromatic carbocycles. The molecule has 0 aliphatic heterocycles. The van der Waals surface area contributed by atoms with Crippen LogP contribution in [0.2, 0.25) is 0 Å². The van der Waals surface area contributed by atoms with Gasteiger partial charge in [-0.1, -0.05) is 158 Å². The summed E-state index contributed by atoms with van der Waals surface area (Å²) < 4.78 is 2.46. The molecule has 2 aliphatic rings. The van der Waals surface area contributed by atoms with E-state index in [4.69, 9.17) is 4.98 Å². The third kappa shape index (κ3) is 4.27. The van der Waals surface area contributed by atoms with Crippen molar-refractivity contribution in [3.05, 3.63) is 217 Å². The number of aromatic nitrogens is 1. The molecule has 2 aromatic heterocycles. The Bertz CT molecular complexity index is 3090. The predicted molar refractivity (Wildman–Crippen MR) is 231 cm³/mol. The van der Waals surface area contributed by atoms with E-state index in [1.165, 1.54) is 81.2 Å². The van der Waals surface area contributed by atoms with Crippen molar-refractivity contribution in [1.82, 2.24) is 4.98 Å². The molecular weight excluding hydrogens is 685 g/mol. The van der Waals surface area contributed by atoms with Crippen LogP contribution in [0, 0.1) is 0 Å². The van der Waals surface area contributed by atoms with E-state index in [0.717, 1.165) is 22.6 Å². The molecule has 12 rings (SSSR count). The average molecular weight is 717 g/mol. The molecule has 0 N–H and O–H groups in total. The van der Waals surface area contributed by atoms with Gasteiger partial charge in [0.05, 0.1) is 27.5 Å². The fourth-order valence-electron chi connectivity index (χ4n) is 9.59. The van der Waals surface area contributed by atoms with E-state index in [9.17, 15) is 0 Å². The highest BCUT2D eigenvalue weighted by Crippen LogP contribution is 2.63. The minimum atomic E-state index is -0.424. The van der Waals surface area contributed by atoms with Crippen LogP contribution in [0.15, 0.2) is 194 Å². The number of hydrogen-bond acceptors (Lipinski definition) is 3. The van der Waals surface area contributed by atoms with E-state index in [0.29, 0.717) is 0 Å². The Morgan fingerprint density at radius 1 is 0.418 bits per heavy atom. The lowest BCUT2D eigenvalue weighted by molar-refractivity contribution is 0.793. The van der Waals surface area contributed by atoms with E-state index in [1.54, 1.807) is 0 Å². The minimum absolute atomic E-state index is 0.424. The van der Waals surface area contributed by atoms with Crippen LogP contribution in [0.25, 0.3) is 64.5 Å². The Hall–Kier alpha value is -6.81. The van der Waals surface area contributed by atoms with Crippen molar-refractivity contribution >= 4 is 59.5 Å². The van der Waals surface area contributed by atoms with E-state index in [2.05, 4.69) is 199 Å². The van der Waals surface area contributed by atoms with Crippen molar-refractivity contribution in [2.24, 2.45) is 0 Å². The van der Waals surface area contributed by atoms with Crippen LogP contribution in [0.5, 0.6) is 0 Å². The molecule has 0 saturated carbocycles. The lowest BCUT2D eigenvalue weighted by Gasteiger charge is -2.32. The molecular formula is C52H32N2S. The molecule has 0 amide bonds. The van der Waals surface area contributed by atoms with Crippen molar-refractivity contribution in [2.45, 2.75) is 5.41 Å². The number of nitrogens with zero attached hydrogens (tertiary/aromatic N) is 2. The van der Waals surface area contributed by atoms with E-state index in [1.807, 2.05) is 11.3 Å². The van der Waals surface area contributed by atoms with Crippen molar-refractivity contribution < 1.29 is 0 Å². The molecule has 0 radical (unpaired) electrons. The van der Waals surface area contributed by atoms with Gasteiger partial charge in [0.25, 0.3) is 0 Å². The summed E-state index contributed by atoms with van der Waals surface area (Å²) >= 11 is 1.84. The van der Waals surface area contributed by atoms with Gasteiger partial charge in [0.2, 0.25) is 0 Å². The first-order valence-corrected chi connectivity index (χ1v) is 19.7. The second-order valence-electron chi connectivity index (χ2n) is 14.7. The fourth-order valence-corrected chi connectivity index (χ4v) is 10.8. The number of pyridine rings is 1.